The number of ether oxygens (including phenoxy) is 1. The van der Waals surface area contributed by atoms with Crippen molar-refractivity contribution in [1.29, 1.82) is 0 Å². The average Bonchev–Trinajstić information content (AvgIpc) is 3.28. The van der Waals surface area contributed by atoms with E-state index in [9.17, 15) is 4.79 Å². The summed E-state index contributed by atoms with van der Waals surface area (Å²) < 4.78 is 9.10. The third-order valence-electron chi connectivity index (χ3n) is 5.59. The molecule has 0 spiro atoms. The number of pyridine rings is 2. The van der Waals surface area contributed by atoms with E-state index in [2.05, 4.69) is 15.1 Å². The van der Waals surface area contributed by atoms with Gasteiger partial charge in [0, 0.05) is 55.6 Å². The van der Waals surface area contributed by atoms with Crippen LogP contribution in [-0.4, -0.2) is 35.9 Å². The fourth-order valence-electron chi connectivity index (χ4n) is 3.85. The summed E-state index contributed by atoms with van der Waals surface area (Å²) in [6, 6.07) is 13.0. The van der Waals surface area contributed by atoms with Crippen molar-refractivity contribution >= 4 is 28.3 Å². The molecule has 0 aliphatic carbocycles. The minimum atomic E-state index is -0.0687. The van der Waals surface area contributed by atoms with Crippen molar-refractivity contribution < 1.29 is 4.74 Å². The molecule has 0 saturated carbocycles. The maximum Gasteiger partial charge on any atom is 0.257 e. The number of aryl methyl sites for hydroxylation is 2. The number of rotatable bonds is 6. The first kappa shape index (κ1) is 22.5. The van der Waals surface area contributed by atoms with Crippen molar-refractivity contribution in [2.75, 3.05) is 12.3 Å². The molecule has 0 radical (unpaired) electrons. The summed E-state index contributed by atoms with van der Waals surface area (Å²) in [5.41, 5.74) is 9.87. The molecule has 10 heteroatoms. The largest absolute Gasteiger partial charge is 0.475 e. The summed E-state index contributed by atoms with van der Waals surface area (Å²) in [4.78, 5) is 26.0. The average molecular weight is 488 g/mol. The van der Waals surface area contributed by atoms with Gasteiger partial charge in [0.1, 0.15) is 17.1 Å². The molecule has 0 unspecified atom stereocenters. The van der Waals surface area contributed by atoms with E-state index in [1.807, 2.05) is 43.6 Å². The Morgan fingerprint density at radius 3 is 2.71 bits per heavy atom. The van der Waals surface area contributed by atoms with Gasteiger partial charge in [-0.05, 0) is 30.3 Å². The number of benzene rings is 1. The van der Waals surface area contributed by atoms with Gasteiger partial charge in [0.25, 0.3) is 11.4 Å². The van der Waals surface area contributed by atoms with Gasteiger partial charge in [-0.1, -0.05) is 23.7 Å². The molecular weight excluding hydrogens is 466 g/mol. The van der Waals surface area contributed by atoms with E-state index in [1.165, 1.54) is 4.57 Å². The van der Waals surface area contributed by atoms with Crippen LogP contribution in [0.1, 0.15) is 5.56 Å². The predicted octanol–water partition coefficient (Wildman–Crippen LogP) is 3.65. The van der Waals surface area contributed by atoms with E-state index in [-0.39, 0.29) is 23.9 Å². The molecule has 0 aliphatic rings. The van der Waals surface area contributed by atoms with Gasteiger partial charge in [0.05, 0.1) is 17.1 Å². The number of aromatic nitrogens is 6. The molecule has 176 valence electrons. The maximum atomic E-state index is 12.3. The smallest absolute Gasteiger partial charge is 0.257 e. The van der Waals surface area contributed by atoms with Gasteiger partial charge in [-0.15, -0.1) is 0 Å². The number of nitrogen functional groups attached to an aromatic ring is 1. The van der Waals surface area contributed by atoms with E-state index in [0.717, 1.165) is 10.9 Å². The van der Waals surface area contributed by atoms with E-state index in [1.54, 1.807) is 36.3 Å². The van der Waals surface area contributed by atoms with E-state index >= 15 is 0 Å². The van der Waals surface area contributed by atoms with Crippen molar-refractivity contribution in [2.24, 2.45) is 14.1 Å². The zero-order chi connectivity index (χ0) is 24.5. The number of nitrogens with two attached hydrogens (primary N) is 1. The fourth-order valence-corrected chi connectivity index (χ4v) is 4.12. The fraction of sp³-hybridized carbons (Fsp3) is 0.160. The topological polar surface area (TPSA) is 114 Å². The van der Waals surface area contributed by atoms with Gasteiger partial charge < -0.3 is 15.0 Å². The van der Waals surface area contributed by atoms with Gasteiger partial charge >= 0.3 is 0 Å². The third-order valence-corrected chi connectivity index (χ3v) is 5.88. The second kappa shape index (κ2) is 9.19. The van der Waals surface area contributed by atoms with E-state index in [4.69, 9.17) is 27.1 Å². The zero-order valence-corrected chi connectivity index (χ0v) is 19.9. The van der Waals surface area contributed by atoms with Crippen molar-refractivity contribution in [3.63, 3.8) is 0 Å². The second-order valence-electron chi connectivity index (χ2n) is 8.07. The molecule has 2 N–H and O–H groups in total. The van der Waals surface area contributed by atoms with Crippen molar-refractivity contribution in [3.8, 4) is 28.5 Å². The Morgan fingerprint density at radius 1 is 1.06 bits per heavy atom. The normalized spacial score (nSPS) is 11.2. The summed E-state index contributed by atoms with van der Waals surface area (Å²) in [5.74, 6) is 0.304. The van der Waals surface area contributed by atoms with Crippen LogP contribution in [0.25, 0.3) is 33.5 Å². The first-order valence-corrected chi connectivity index (χ1v) is 11.3. The molecular formula is C25H22ClN7O2. The number of halogens is 1. The number of anilines is 1. The zero-order valence-electron chi connectivity index (χ0n) is 19.1. The molecule has 0 bridgehead atoms. The lowest BCUT2D eigenvalue weighted by Crippen LogP contribution is -2.21. The van der Waals surface area contributed by atoms with Crippen molar-refractivity contribution in [3.05, 3.63) is 82.0 Å². The van der Waals surface area contributed by atoms with Crippen LogP contribution >= 0.6 is 11.6 Å². The first-order valence-electron chi connectivity index (χ1n) is 10.9. The van der Waals surface area contributed by atoms with Crippen LogP contribution in [0.5, 0.6) is 5.88 Å². The van der Waals surface area contributed by atoms with Crippen molar-refractivity contribution in [2.45, 2.75) is 6.42 Å². The third kappa shape index (κ3) is 4.45. The first-order chi connectivity index (χ1) is 16.9. The Hall–Kier alpha value is -4.24. The second-order valence-corrected chi connectivity index (χ2v) is 8.47. The Balaban J connectivity index is 1.56. The van der Waals surface area contributed by atoms with Gasteiger partial charge in [-0.2, -0.15) is 5.10 Å². The standard InChI is InChI=1S/C25H22ClN7O2/c1-32-10-4-6-15(25(32)34)8-12-35-24-23(27)29-22(19-7-11-33(2)31-19)21(30-24)17-13-16-5-3-9-28-20(16)18(26)14-17/h3-7,9-11,13-14H,8,12H2,1-2H3,(H2,27,29). The highest BCUT2D eigenvalue weighted by atomic mass is 35.5. The number of nitrogens with zero attached hydrogens (tertiary/aromatic N) is 6. The van der Waals surface area contributed by atoms with Crippen LogP contribution in [0.2, 0.25) is 5.02 Å². The molecule has 9 nitrogen and oxygen atoms in total. The molecule has 35 heavy (non-hydrogen) atoms. The maximum absolute atomic E-state index is 12.3. The SMILES string of the molecule is Cn1ccc(-c2nc(N)c(OCCc3cccn(C)c3=O)nc2-c2cc(Cl)c3ncccc3c2)n1. The van der Waals surface area contributed by atoms with Crippen LogP contribution in [0.15, 0.2) is 65.8 Å². The van der Waals surface area contributed by atoms with Crippen LogP contribution in [0.4, 0.5) is 5.82 Å². The van der Waals surface area contributed by atoms with E-state index in [0.29, 0.717) is 39.6 Å². The van der Waals surface area contributed by atoms with Crippen LogP contribution in [0.3, 0.4) is 0 Å². The highest BCUT2D eigenvalue weighted by Crippen LogP contribution is 2.35. The van der Waals surface area contributed by atoms with Crippen LogP contribution in [0, 0.1) is 0 Å². The predicted molar refractivity (Wildman–Crippen MR) is 135 cm³/mol. The lowest BCUT2D eigenvalue weighted by molar-refractivity contribution is 0.310. The molecule has 0 amide bonds. The molecule has 4 aromatic heterocycles. The Bertz CT molecular complexity index is 1610. The minimum Gasteiger partial charge on any atom is -0.475 e. The monoisotopic (exact) mass is 487 g/mol. The summed E-state index contributed by atoms with van der Waals surface area (Å²) in [7, 11) is 3.53. The molecule has 1 aromatic carbocycles. The van der Waals surface area contributed by atoms with E-state index < -0.39 is 0 Å². The molecule has 4 heterocycles. The number of hydrogen-bond acceptors (Lipinski definition) is 7. The number of hydrogen-bond donors (Lipinski definition) is 1. The Labute approximate surface area is 205 Å². The minimum absolute atomic E-state index is 0.0687. The summed E-state index contributed by atoms with van der Waals surface area (Å²) in [5, 5.41) is 5.83. The van der Waals surface area contributed by atoms with Crippen LogP contribution < -0.4 is 16.0 Å². The Morgan fingerprint density at radius 2 is 1.91 bits per heavy atom. The highest BCUT2D eigenvalue weighted by Gasteiger charge is 2.19. The molecule has 0 saturated heterocycles. The molecule has 0 atom stereocenters. The molecule has 5 aromatic rings. The van der Waals surface area contributed by atoms with Gasteiger partial charge in [0.15, 0.2) is 5.82 Å². The van der Waals surface area contributed by atoms with Crippen LogP contribution in [-0.2, 0) is 20.5 Å². The number of fused-ring (bicyclic) bond motifs is 1. The van der Waals surface area contributed by atoms with Gasteiger partial charge in [-0.25, -0.2) is 9.97 Å². The van der Waals surface area contributed by atoms with Gasteiger partial charge in [-0.3, -0.25) is 14.5 Å². The molecule has 0 fully saturated rings. The summed E-state index contributed by atoms with van der Waals surface area (Å²) in [6.45, 7) is 0.211. The highest BCUT2D eigenvalue weighted by molar-refractivity contribution is 6.35. The quantitative estimate of drug-likeness (QED) is 0.389. The Kier molecular flexibility index (Phi) is 5.92. The summed E-state index contributed by atoms with van der Waals surface area (Å²) in [6.07, 6.45) is 5.63. The lowest BCUT2D eigenvalue weighted by atomic mass is 10.0. The molecule has 5 rings (SSSR count). The summed E-state index contributed by atoms with van der Waals surface area (Å²) >= 11 is 6.55. The lowest BCUT2D eigenvalue weighted by Gasteiger charge is -2.13. The van der Waals surface area contributed by atoms with Gasteiger partial charge in [0.2, 0.25) is 0 Å². The van der Waals surface area contributed by atoms with Crippen molar-refractivity contribution in [1.82, 2.24) is 29.3 Å². The molecule has 0 aliphatic heterocycles.